The topological polar surface area (TPSA) is 57.6 Å². The summed E-state index contributed by atoms with van der Waals surface area (Å²) in [5, 5.41) is 12.4. The van der Waals surface area contributed by atoms with Crippen molar-refractivity contribution in [2.45, 2.75) is 18.6 Å². The minimum absolute atomic E-state index is 0.112. The monoisotopic (exact) mass is 445 g/mol. The van der Waals surface area contributed by atoms with Gasteiger partial charge in [0, 0.05) is 26.9 Å². The van der Waals surface area contributed by atoms with Gasteiger partial charge in [-0.25, -0.2) is 0 Å². The van der Waals surface area contributed by atoms with Crippen molar-refractivity contribution >= 4 is 49.7 Å². The average Bonchev–Trinajstić information content (AvgIpc) is 3.04. The van der Waals surface area contributed by atoms with Crippen LogP contribution in [0.25, 0.3) is 0 Å². The maximum Gasteiger partial charge on any atom is 0.220 e. The summed E-state index contributed by atoms with van der Waals surface area (Å²) < 4.78 is 24.7. The van der Waals surface area contributed by atoms with Crippen LogP contribution in [0.1, 0.15) is 18.1 Å². The number of hydrogen-bond acceptors (Lipinski definition) is 4. The van der Waals surface area contributed by atoms with Crippen LogP contribution >= 0.6 is 23.2 Å². The predicted molar refractivity (Wildman–Crippen MR) is 118 cm³/mol. The van der Waals surface area contributed by atoms with Crippen LogP contribution in [-0.2, 0) is 15.9 Å². The molecule has 0 fully saturated rings. The van der Waals surface area contributed by atoms with Crippen molar-refractivity contribution in [3.05, 3.63) is 94.0 Å². The first-order chi connectivity index (χ1) is 13.8. The molecule has 1 heterocycles. The van der Waals surface area contributed by atoms with E-state index >= 15 is 0 Å². The lowest BCUT2D eigenvalue weighted by molar-refractivity contribution is 0.0515. The highest BCUT2D eigenvalue weighted by atomic mass is 35.5. The lowest BCUT2D eigenvalue weighted by Crippen LogP contribution is -2.49. The van der Waals surface area contributed by atoms with Crippen molar-refractivity contribution in [1.29, 1.82) is 0 Å². The Morgan fingerprint density at radius 1 is 0.966 bits per heavy atom. The molecule has 3 aromatic rings. The van der Waals surface area contributed by atoms with Crippen LogP contribution in [0.2, 0.25) is 10.0 Å². The zero-order valence-corrected chi connectivity index (χ0v) is 17.7. The summed E-state index contributed by atoms with van der Waals surface area (Å²) >= 11 is 12.4. The van der Waals surface area contributed by atoms with Gasteiger partial charge in [0.1, 0.15) is 16.5 Å². The fourth-order valence-electron chi connectivity index (χ4n) is 3.91. The quantitative estimate of drug-likeness (QED) is 0.587. The lowest BCUT2D eigenvalue weighted by atomic mass is 9.85. The van der Waals surface area contributed by atoms with Crippen LogP contribution in [0.5, 0.6) is 0 Å². The lowest BCUT2D eigenvalue weighted by Gasteiger charge is -2.38. The normalized spacial score (nSPS) is 17.7. The standard InChI is InChI=1S/C22H17Cl2NO3S/c1-22(26,17-12-11-14(23)13-18(17)24)21-20(29(27)28)16-9-5-6-10-19(16)25(21)15-7-3-2-4-8-15/h2-13,21,26H,1H3. The summed E-state index contributed by atoms with van der Waals surface area (Å²) in [6.07, 6.45) is 0. The number of anilines is 2. The molecule has 29 heavy (non-hydrogen) atoms. The third-order valence-corrected chi connectivity index (χ3v) is 6.51. The average molecular weight is 446 g/mol. The van der Waals surface area contributed by atoms with Gasteiger partial charge < -0.3 is 10.0 Å². The van der Waals surface area contributed by atoms with Crippen molar-refractivity contribution in [3.63, 3.8) is 0 Å². The SMILES string of the molecule is CC(O)(c1ccc(Cl)cc1Cl)C1C(=S(=O)=O)c2ccccc2N1c1ccccc1. The van der Waals surface area contributed by atoms with Crippen molar-refractivity contribution in [3.8, 4) is 0 Å². The summed E-state index contributed by atoms with van der Waals surface area (Å²) in [5.41, 5.74) is 0.778. The van der Waals surface area contributed by atoms with Crippen molar-refractivity contribution < 1.29 is 13.5 Å². The first-order valence-electron chi connectivity index (χ1n) is 8.90. The first kappa shape index (κ1) is 20.0. The highest BCUT2D eigenvalue weighted by Gasteiger charge is 2.49. The van der Waals surface area contributed by atoms with Crippen molar-refractivity contribution in [2.24, 2.45) is 0 Å². The second kappa shape index (κ2) is 7.50. The Morgan fingerprint density at radius 2 is 1.62 bits per heavy atom. The van der Waals surface area contributed by atoms with E-state index in [1.165, 1.54) is 6.07 Å². The van der Waals surface area contributed by atoms with Gasteiger partial charge in [0.15, 0.2) is 0 Å². The van der Waals surface area contributed by atoms with Gasteiger partial charge in [-0.05, 0) is 37.3 Å². The maximum absolute atomic E-state index is 12.3. The molecule has 0 aliphatic carbocycles. The smallest absolute Gasteiger partial charge is 0.220 e. The Kier molecular flexibility index (Phi) is 5.17. The highest BCUT2D eigenvalue weighted by Crippen LogP contribution is 2.46. The summed E-state index contributed by atoms with van der Waals surface area (Å²) in [6, 6.07) is 20.4. The minimum atomic E-state index is -2.56. The summed E-state index contributed by atoms with van der Waals surface area (Å²) in [4.78, 5) is 1.95. The molecule has 4 rings (SSSR count). The predicted octanol–water partition coefficient (Wildman–Crippen LogP) is 4.82. The first-order valence-corrected chi connectivity index (χ1v) is 10.7. The molecule has 2 atom stereocenters. The number of fused-ring (bicyclic) bond motifs is 1. The maximum atomic E-state index is 12.3. The van der Waals surface area contributed by atoms with Gasteiger partial charge in [0.05, 0.1) is 5.69 Å². The zero-order valence-electron chi connectivity index (χ0n) is 15.4. The molecular formula is C22H17Cl2NO3S. The van der Waals surface area contributed by atoms with E-state index in [0.29, 0.717) is 21.8 Å². The van der Waals surface area contributed by atoms with E-state index in [1.54, 1.807) is 31.2 Å². The van der Waals surface area contributed by atoms with Crippen LogP contribution in [0.15, 0.2) is 72.8 Å². The minimum Gasteiger partial charge on any atom is -0.383 e. The molecule has 0 saturated carbocycles. The Hall–Kier alpha value is -2.31. The Morgan fingerprint density at radius 3 is 2.28 bits per heavy atom. The van der Waals surface area contributed by atoms with E-state index in [1.807, 2.05) is 47.4 Å². The number of aliphatic hydroxyl groups is 1. The van der Waals surface area contributed by atoms with Crippen LogP contribution in [0, 0.1) is 0 Å². The Labute approximate surface area is 180 Å². The van der Waals surface area contributed by atoms with Crippen molar-refractivity contribution in [1.82, 2.24) is 0 Å². The van der Waals surface area contributed by atoms with Gasteiger partial charge in [0.2, 0.25) is 10.3 Å². The zero-order chi connectivity index (χ0) is 20.8. The molecule has 1 N–H and O–H groups in total. The van der Waals surface area contributed by atoms with E-state index in [9.17, 15) is 13.5 Å². The molecule has 1 aliphatic heterocycles. The molecule has 4 nitrogen and oxygen atoms in total. The number of nitrogens with zero attached hydrogens (tertiary/aromatic N) is 1. The summed E-state index contributed by atoms with van der Waals surface area (Å²) in [6.45, 7) is 1.57. The van der Waals surface area contributed by atoms with Crippen LogP contribution in [0.3, 0.4) is 0 Å². The molecule has 0 saturated heterocycles. The molecule has 1 aliphatic rings. The van der Waals surface area contributed by atoms with Crippen LogP contribution in [0.4, 0.5) is 11.4 Å². The van der Waals surface area contributed by atoms with E-state index in [0.717, 1.165) is 5.69 Å². The molecule has 0 spiro atoms. The fourth-order valence-corrected chi connectivity index (χ4v) is 5.38. The molecule has 7 heteroatoms. The number of para-hydroxylation sites is 2. The molecule has 0 radical (unpaired) electrons. The molecule has 3 aromatic carbocycles. The summed E-state index contributed by atoms with van der Waals surface area (Å²) in [5.74, 6) is 0. The van der Waals surface area contributed by atoms with Gasteiger partial charge in [-0.15, -0.1) is 0 Å². The van der Waals surface area contributed by atoms with Gasteiger partial charge in [-0.1, -0.05) is 65.7 Å². The largest absolute Gasteiger partial charge is 0.383 e. The molecule has 0 amide bonds. The van der Waals surface area contributed by atoms with Crippen molar-refractivity contribution in [2.75, 3.05) is 4.90 Å². The third-order valence-electron chi connectivity index (χ3n) is 5.16. The molecule has 148 valence electrons. The molecule has 0 aromatic heterocycles. The van der Waals surface area contributed by atoms with E-state index < -0.39 is 21.9 Å². The van der Waals surface area contributed by atoms with Gasteiger partial charge in [-0.3, -0.25) is 0 Å². The Balaban J connectivity index is 2.02. The number of rotatable bonds is 3. The molecule has 2 unspecified atom stereocenters. The number of halogens is 2. The number of benzene rings is 3. The van der Waals surface area contributed by atoms with E-state index in [2.05, 4.69) is 0 Å². The Bertz CT molecular complexity index is 1220. The van der Waals surface area contributed by atoms with Gasteiger partial charge >= 0.3 is 0 Å². The van der Waals surface area contributed by atoms with E-state index in [4.69, 9.17) is 23.2 Å². The van der Waals surface area contributed by atoms with Gasteiger partial charge in [-0.2, -0.15) is 8.42 Å². The van der Waals surface area contributed by atoms with E-state index in [-0.39, 0.29) is 9.89 Å². The molecule has 0 bridgehead atoms. The number of hydrogen-bond donors (Lipinski definition) is 1. The molecular weight excluding hydrogens is 429 g/mol. The second-order valence-electron chi connectivity index (χ2n) is 7.00. The highest BCUT2D eigenvalue weighted by molar-refractivity contribution is 7.73. The van der Waals surface area contributed by atoms with Crippen LogP contribution < -0.4 is 4.90 Å². The summed E-state index contributed by atoms with van der Waals surface area (Å²) in [7, 11) is -2.56. The van der Waals surface area contributed by atoms with Crippen LogP contribution in [-0.4, -0.2) is 24.4 Å². The second-order valence-corrected chi connectivity index (χ2v) is 8.75. The third kappa shape index (κ3) is 3.34. The fraction of sp³-hybridized carbons (Fsp3) is 0.136. The van der Waals surface area contributed by atoms with Gasteiger partial charge in [0.25, 0.3) is 0 Å².